The van der Waals surface area contributed by atoms with Crippen LogP contribution in [0, 0.1) is 22.9 Å². The molecule has 3 aromatic rings. The van der Waals surface area contributed by atoms with E-state index in [0.717, 1.165) is 12.3 Å². The van der Waals surface area contributed by atoms with Crippen LogP contribution in [0.1, 0.15) is 67.2 Å². The number of amides is 1. The van der Waals surface area contributed by atoms with Gasteiger partial charge in [-0.2, -0.15) is 5.10 Å². The molecule has 1 saturated heterocycles. The first-order valence-electron chi connectivity index (χ1n) is 12.5. The van der Waals surface area contributed by atoms with Gasteiger partial charge in [-0.25, -0.2) is 13.2 Å². The highest BCUT2D eigenvalue weighted by atomic mass is 19.2. The molecule has 0 bridgehead atoms. The van der Waals surface area contributed by atoms with Crippen LogP contribution >= 0.6 is 0 Å². The maximum Gasteiger partial charge on any atom is 0.276 e. The molecule has 1 unspecified atom stereocenters. The van der Waals surface area contributed by atoms with Crippen molar-refractivity contribution in [1.29, 1.82) is 0 Å². The molecule has 7 nitrogen and oxygen atoms in total. The lowest BCUT2D eigenvalue weighted by atomic mass is 9.79. The first kappa shape index (κ1) is 26.0. The number of hydrogen-bond donors (Lipinski definition) is 1. The van der Waals surface area contributed by atoms with Gasteiger partial charge in [0.2, 0.25) is 17.5 Å². The fourth-order valence-corrected chi connectivity index (χ4v) is 5.36. The number of rotatable bonds is 5. The van der Waals surface area contributed by atoms with E-state index in [9.17, 15) is 23.5 Å². The van der Waals surface area contributed by atoms with Crippen LogP contribution in [0.5, 0.6) is 5.75 Å². The minimum Gasteiger partial charge on any atom is -0.458 e. The summed E-state index contributed by atoms with van der Waals surface area (Å²) in [5.74, 6) is -4.59. The van der Waals surface area contributed by atoms with Crippen molar-refractivity contribution >= 4 is 5.91 Å². The number of hydrogen-bond acceptors (Lipinski definition) is 5. The summed E-state index contributed by atoms with van der Waals surface area (Å²) in [7, 11) is 0. The van der Waals surface area contributed by atoms with Crippen LogP contribution in [-0.4, -0.2) is 44.6 Å². The lowest BCUT2D eigenvalue weighted by Gasteiger charge is -2.43. The monoisotopic (exact) mass is 527 g/mol. The van der Waals surface area contributed by atoms with Crippen LogP contribution in [0.15, 0.2) is 53.5 Å². The number of benzene rings is 2. The van der Waals surface area contributed by atoms with E-state index in [4.69, 9.17) is 4.74 Å². The second-order valence-corrected chi connectivity index (χ2v) is 10.8. The Kier molecular flexibility index (Phi) is 6.54. The van der Waals surface area contributed by atoms with Gasteiger partial charge in [-0.1, -0.05) is 45.0 Å². The van der Waals surface area contributed by atoms with Crippen LogP contribution in [-0.2, 0) is 0 Å². The molecule has 1 amide bonds. The summed E-state index contributed by atoms with van der Waals surface area (Å²) < 4.78 is 51.2. The Bertz CT molecular complexity index is 1450. The lowest BCUT2D eigenvalue weighted by Crippen LogP contribution is -2.51. The normalized spacial score (nSPS) is 20.6. The standard InChI is InChI=1S/C28H28F3N3O4/c1-28(2,3)27(37)38-25-20(35)14-32-34-23(19-11-6-12-33(19)26(36)24(25)34)21(15-7-4-8-16(29)13-15)17-9-5-10-18(30)22(17)31/h4-5,7-10,13-14,19,21,23,27,37H,6,11-12H2,1-3H3/t19-,21-,23-,27?/m1/s1. The van der Waals surface area contributed by atoms with Crippen LogP contribution in [0.2, 0.25) is 0 Å². The summed E-state index contributed by atoms with van der Waals surface area (Å²) in [6.45, 7) is 5.48. The van der Waals surface area contributed by atoms with E-state index in [-0.39, 0.29) is 17.0 Å². The lowest BCUT2D eigenvalue weighted by molar-refractivity contribution is -0.0948. The molecule has 200 valence electrons. The largest absolute Gasteiger partial charge is 0.458 e. The zero-order valence-electron chi connectivity index (χ0n) is 21.2. The Labute approximate surface area is 217 Å². The maximum absolute atomic E-state index is 15.3. The second kappa shape index (κ2) is 9.58. The Morgan fingerprint density at radius 3 is 2.55 bits per heavy atom. The molecule has 0 spiro atoms. The number of aliphatic hydroxyl groups excluding tert-OH is 1. The molecule has 2 aliphatic heterocycles. The molecular weight excluding hydrogens is 499 g/mol. The number of carbonyl (C=O) groups excluding carboxylic acids is 1. The molecule has 1 aromatic heterocycles. The fraction of sp³-hybridized carbons (Fsp3) is 0.393. The van der Waals surface area contributed by atoms with Crippen molar-refractivity contribution in [3.63, 3.8) is 0 Å². The van der Waals surface area contributed by atoms with Crippen LogP contribution < -0.4 is 10.2 Å². The third-order valence-electron chi connectivity index (χ3n) is 7.24. The summed E-state index contributed by atoms with van der Waals surface area (Å²) in [5.41, 5.74) is -1.37. The Morgan fingerprint density at radius 2 is 1.84 bits per heavy atom. The highest BCUT2D eigenvalue weighted by Crippen LogP contribution is 2.46. The summed E-state index contributed by atoms with van der Waals surface area (Å²) in [6, 6.07) is 8.03. The van der Waals surface area contributed by atoms with E-state index < -0.39 is 58.5 Å². The van der Waals surface area contributed by atoms with Gasteiger partial charge < -0.3 is 14.7 Å². The molecule has 0 radical (unpaired) electrons. The van der Waals surface area contributed by atoms with Crippen molar-refractivity contribution in [1.82, 2.24) is 14.7 Å². The van der Waals surface area contributed by atoms with Gasteiger partial charge in [-0.3, -0.25) is 14.3 Å². The molecule has 0 saturated carbocycles. The van der Waals surface area contributed by atoms with Crippen molar-refractivity contribution in [2.75, 3.05) is 6.54 Å². The molecule has 2 aliphatic rings. The third-order valence-corrected chi connectivity index (χ3v) is 7.24. The number of carbonyl (C=O) groups is 1. The maximum atomic E-state index is 15.3. The van der Waals surface area contributed by atoms with Gasteiger partial charge in [0.25, 0.3) is 5.91 Å². The molecular formula is C28H28F3N3O4. The predicted molar refractivity (Wildman–Crippen MR) is 132 cm³/mol. The number of nitrogens with zero attached hydrogens (tertiary/aromatic N) is 3. The Balaban J connectivity index is 1.78. The molecule has 38 heavy (non-hydrogen) atoms. The first-order valence-corrected chi connectivity index (χ1v) is 12.5. The van der Waals surface area contributed by atoms with Crippen LogP contribution in [0.25, 0.3) is 0 Å². The highest BCUT2D eigenvalue weighted by Gasteiger charge is 2.49. The zero-order valence-corrected chi connectivity index (χ0v) is 21.2. The van der Waals surface area contributed by atoms with E-state index >= 15 is 4.39 Å². The van der Waals surface area contributed by atoms with Gasteiger partial charge in [0.05, 0.1) is 18.3 Å². The summed E-state index contributed by atoms with van der Waals surface area (Å²) in [5, 5.41) is 14.9. The highest BCUT2D eigenvalue weighted by molar-refractivity contribution is 5.96. The molecule has 10 heteroatoms. The predicted octanol–water partition coefficient (Wildman–Crippen LogP) is 4.40. The number of fused-ring (bicyclic) bond motifs is 2. The molecule has 0 aliphatic carbocycles. The molecule has 2 aromatic carbocycles. The van der Waals surface area contributed by atoms with Crippen LogP contribution in [0.4, 0.5) is 13.2 Å². The van der Waals surface area contributed by atoms with Gasteiger partial charge in [0.1, 0.15) is 5.82 Å². The number of aromatic nitrogens is 2. The van der Waals surface area contributed by atoms with Crippen LogP contribution in [0.3, 0.4) is 0 Å². The number of ether oxygens (including phenoxy) is 1. The molecule has 4 atom stereocenters. The summed E-state index contributed by atoms with van der Waals surface area (Å²) >= 11 is 0. The molecule has 1 N–H and O–H groups in total. The van der Waals surface area contributed by atoms with Gasteiger partial charge in [-0.15, -0.1) is 0 Å². The van der Waals surface area contributed by atoms with Gasteiger partial charge in [-0.05, 0) is 36.6 Å². The smallest absolute Gasteiger partial charge is 0.276 e. The van der Waals surface area contributed by atoms with Crippen molar-refractivity contribution in [2.24, 2.45) is 5.41 Å². The van der Waals surface area contributed by atoms with E-state index in [1.54, 1.807) is 31.7 Å². The molecule has 1 fully saturated rings. The minimum atomic E-state index is -1.43. The van der Waals surface area contributed by atoms with Crippen molar-refractivity contribution in [2.45, 2.75) is 57.9 Å². The average Bonchev–Trinajstić information content (AvgIpc) is 3.35. The topological polar surface area (TPSA) is 84.7 Å². The molecule has 5 rings (SSSR count). The second-order valence-electron chi connectivity index (χ2n) is 10.8. The minimum absolute atomic E-state index is 0.0366. The number of halogens is 3. The quantitative estimate of drug-likeness (QED) is 0.498. The fourth-order valence-electron chi connectivity index (χ4n) is 5.36. The average molecular weight is 528 g/mol. The summed E-state index contributed by atoms with van der Waals surface area (Å²) in [4.78, 5) is 28.2. The van der Waals surface area contributed by atoms with E-state index in [1.165, 1.54) is 35.0 Å². The Hall–Kier alpha value is -3.66. The van der Waals surface area contributed by atoms with Gasteiger partial charge >= 0.3 is 0 Å². The van der Waals surface area contributed by atoms with Crippen molar-refractivity contribution < 1.29 is 27.8 Å². The van der Waals surface area contributed by atoms with Gasteiger partial charge in [0, 0.05) is 23.4 Å². The first-order chi connectivity index (χ1) is 18.0. The Morgan fingerprint density at radius 1 is 1.11 bits per heavy atom. The van der Waals surface area contributed by atoms with Gasteiger partial charge in [0.15, 0.2) is 17.3 Å². The van der Waals surface area contributed by atoms with E-state index in [2.05, 4.69) is 5.10 Å². The third kappa shape index (κ3) is 4.36. The van der Waals surface area contributed by atoms with E-state index in [1.807, 2.05) is 0 Å². The molecule has 3 heterocycles. The zero-order chi connectivity index (χ0) is 27.4. The van der Waals surface area contributed by atoms with E-state index in [0.29, 0.717) is 24.9 Å². The van der Waals surface area contributed by atoms with Crippen molar-refractivity contribution in [3.05, 3.63) is 93.2 Å². The SMILES string of the molecule is CC(C)(C)C(O)Oc1c2n(ncc1=O)[C@@H]([C@H](c1cccc(F)c1)c1cccc(F)c1F)[C@H]1CCCN1C2=O. The summed E-state index contributed by atoms with van der Waals surface area (Å²) in [6.07, 6.45) is 0.717. The van der Waals surface area contributed by atoms with Crippen molar-refractivity contribution in [3.8, 4) is 5.75 Å². The number of aliphatic hydroxyl groups is 1.